The number of carbonyl (C=O) groups excluding carboxylic acids is 1. The van der Waals surface area contributed by atoms with E-state index in [2.05, 4.69) is 13.8 Å². The normalized spacial score (nSPS) is 30.1. The first kappa shape index (κ1) is 23.1. The van der Waals surface area contributed by atoms with Crippen LogP contribution in [0, 0.1) is 4.77 Å². The van der Waals surface area contributed by atoms with Crippen LogP contribution in [-0.4, -0.2) is 65.4 Å². The van der Waals surface area contributed by atoms with Gasteiger partial charge in [-0.2, -0.15) is 4.31 Å². The molecule has 18 heteroatoms. The fourth-order valence-corrected chi connectivity index (χ4v) is 4.05. The zero-order chi connectivity index (χ0) is 21.5. The van der Waals surface area contributed by atoms with E-state index in [1.807, 2.05) is 0 Å². The second-order valence-corrected chi connectivity index (χ2v) is 8.63. The quantitative estimate of drug-likeness (QED) is 0.159. The van der Waals surface area contributed by atoms with Gasteiger partial charge in [0.15, 0.2) is 17.3 Å². The summed E-state index contributed by atoms with van der Waals surface area (Å²) in [5.41, 5.74) is -1.35. The number of halogens is 1. The Hall–Kier alpha value is -1.16. The number of phosphoric ester groups is 1. The predicted molar refractivity (Wildman–Crippen MR) is 86.2 cm³/mol. The van der Waals surface area contributed by atoms with Crippen LogP contribution in [0.1, 0.15) is 16.6 Å². The van der Waals surface area contributed by atoms with Gasteiger partial charge in [-0.05, 0) is 12.2 Å². The molecule has 0 amide bonds. The minimum atomic E-state index is -5.48. The lowest BCUT2D eigenvalue weighted by Gasteiger charge is -2.24. The summed E-state index contributed by atoms with van der Waals surface area (Å²) in [4.78, 5) is 50.5. The van der Waals surface area contributed by atoms with E-state index in [4.69, 9.17) is 31.6 Å². The molecule has 6 N–H and O–H groups in total. The van der Waals surface area contributed by atoms with Gasteiger partial charge in [0.1, 0.15) is 18.8 Å². The summed E-state index contributed by atoms with van der Waals surface area (Å²) in [6.45, 7) is -1.60. The van der Waals surface area contributed by atoms with Crippen LogP contribution in [0.5, 0.6) is 0 Å². The Bertz CT molecular complexity index is 976. The molecule has 14 nitrogen and oxygen atoms in total. The summed E-state index contributed by atoms with van der Waals surface area (Å²) >= 11 is 4.81. The molecule has 1 fully saturated rings. The fourth-order valence-electron chi connectivity index (χ4n) is 2.19. The van der Waals surface area contributed by atoms with E-state index in [1.54, 1.807) is 0 Å². The summed E-state index contributed by atoms with van der Waals surface area (Å²) in [5.74, 6) is -3.37. The van der Waals surface area contributed by atoms with Gasteiger partial charge in [0.2, 0.25) is 0 Å². The summed E-state index contributed by atoms with van der Waals surface area (Å²) in [6.07, 6.45) is -5.33. The van der Waals surface area contributed by atoms with Crippen molar-refractivity contribution in [3.63, 3.8) is 0 Å². The number of aliphatic hydroxyl groups is 2. The monoisotopic (exact) mass is 466 g/mol. The van der Waals surface area contributed by atoms with Crippen LogP contribution in [0.2, 0.25) is 0 Å². The van der Waals surface area contributed by atoms with Crippen molar-refractivity contribution in [3.05, 3.63) is 26.9 Å². The summed E-state index contributed by atoms with van der Waals surface area (Å²) in [5, 5.41) is 19.9. The second kappa shape index (κ2) is 7.93. The molecule has 1 aromatic rings. The lowest BCUT2D eigenvalue weighted by atomic mass is 10.1. The van der Waals surface area contributed by atoms with Gasteiger partial charge in [-0.25, -0.2) is 13.5 Å². The van der Waals surface area contributed by atoms with Crippen molar-refractivity contribution < 1.29 is 56.8 Å². The minimum absolute atomic E-state index is 0.134. The first-order valence-electron chi connectivity index (χ1n) is 6.97. The maximum Gasteiger partial charge on any atom is 0.481 e. The zero-order valence-electron chi connectivity index (χ0n) is 13.3. The Morgan fingerprint density at radius 1 is 1.39 bits per heavy atom. The molecule has 0 spiro atoms. The number of ether oxygens (including phenoxy) is 1. The lowest BCUT2D eigenvalue weighted by Crippen LogP contribution is -2.42. The average molecular weight is 466 g/mol. The van der Waals surface area contributed by atoms with E-state index in [1.165, 1.54) is 0 Å². The summed E-state index contributed by atoms with van der Waals surface area (Å²) in [6, 6.07) is 0. The third-order valence-electron chi connectivity index (χ3n) is 3.40. The zero-order valence-corrected chi connectivity index (χ0v) is 15.9. The SMILES string of the molecule is O=Cc1cn([C@@H]2O[C@](F)(COP(=O)(O)OP(=O)(O)O)[C@@H](O)[C@H]2O)c(=S)[nH]c1=O. The van der Waals surface area contributed by atoms with Crippen LogP contribution < -0.4 is 5.56 Å². The van der Waals surface area contributed by atoms with Crippen molar-refractivity contribution in [2.75, 3.05) is 6.61 Å². The van der Waals surface area contributed by atoms with Gasteiger partial charge in [-0.15, -0.1) is 0 Å². The van der Waals surface area contributed by atoms with Crippen molar-refractivity contribution in [1.82, 2.24) is 9.55 Å². The van der Waals surface area contributed by atoms with Crippen molar-refractivity contribution in [1.29, 1.82) is 0 Å². The minimum Gasteiger partial charge on any atom is -0.385 e. The number of aldehydes is 1. The number of aliphatic hydroxyl groups excluding tert-OH is 2. The highest BCUT2D eigenvalue weighted by atomic mass is 32.1. The number of rotatable bonds is 7. The molecule has 0 bridgehead atoms. The molecule has 0 aromatic carbocycles. The Balaban J connectivity index is 2.27. The largest absolute Gasteiger partial charge is 0.481 e. The van der Waals surface area contributed by atoms with Crippen LogP contribution >= 0.6 is 27.9 Å². The number of hydrogen-bond acceptors (Lipinski definition) is 10. The number of nitrogens with one attached hydrogen (secondary N) is 1. The number of nitrogens with zero attached hydrogens (tertiary/aromatic N) is 1. The highest BCUT2D eigenvalue weighted by Gasteiger charge is 2.57. The van der Waals surface area contributed by atoms with Crippen LogP contribution in [0.25, 0.3) is 0 Å². The molecule has 2 rings (SSSR count). The average Bonchev–Trinajstić information content (AvgIpc) is 2.76. The maximum absolute atomic E-state index is 14.8. The van der Waals surface area contributed by atoms with E-state index in [0.29, 0.717) is 0 Å². The van der Waals surface area contributed by atoms with Crippen molar-refractivity contribution in [2.24, 2.45) is 0 Å². The number of hydrogen-bond donors (Lipinski definition) is 6. The number of alkyl halides is 1. The van der Waals surface area contributed by atoms with E-state index < -0.39 is 62.4 Å². The number of aromatic nitrogens is 2. The molecule has 1 aromatic heterocycles. The van der Waals surface area contributed by atoms with E-state index in [9.17, 15) is 33.3 Å². The predicted octanol–water partition coefficient (Wildman–Crippen LogP) is -1.14. The van der Waals surface area contributed by atoms with Gasteiger partial charge < -0.3 is 29.6 Å². The number of aromatic amines is 1. The van der Waals surface area contributed by atoms with Crippen molar-refractivity contribution in [2.45, 2.75) is 24.3 Å². The first-order valence-corrected chi connectivity index (χ1v) is 10.4. The first-order chi connectivity index (χ1) is 12.7. The molecule has 0 radical (unpaired) electrons. The number of phosphoric acid groups is 2. The lowest BCUT2D eigenvalue weighted by molar-refractivity contribution is -0.204. The molecule has 158 valence electrons. The van der Waals surface area contributed by atoms with Crippen LogP contribution in [0.15, 0.2) is 11.0 Å². The van der Waals surface area contributed by atoms with Crippen LogP contribution in [-0.2, 0) is 22.7 Å². The molecule has 0 saturated carbocycles. The smallest absolute Gasteiger partial charge is 0.385 e. The maximum atomic E-state index is 14.8. The second-order valence-electron chi connectivity index (χ2n) is 5.41. The molecule has 1 aliphatic rings. The van der Waals surface area contributed by atoms with Crippen LogP contribution in [0.4, 0.5) is 4.39 Å². The van der Waals surface area contributed by atoms with Gasteiger partial charge in [0.25, 0.3) is 11.4 Å². The van der Waals surface area contributed by atoms with Crippen molar-refractivity contribution in [3.8, 4) is 0 Å². The highest BCUT2D eigenvalue weighted by Crippen LogP contribution is 2.58. The summed E-state index contributed by atoms with van der Waals surface area (Å²) in [7, 11) is -10.9. The Morgan fingerprint density at radius 3 is 2.54 bits per heavy atom. The molecule has 1 unspecified atom stereocenters. The Morgan fingerprint density at radius 2 is 2.00 bits per heavy atom. The Kier molecular flexibility index (Phi) is 6.55. The molecular weight excluding hydrogens is 453 g/mol. The molecule has 28 heavy (non-hydrogen) atoms. The number of H-pyrrole nitrogens is 1. The van der Waals surface area contributed by atoms with Crippen molar-refractivity contribution >= 4 is 34.1 Å². The van der Waals surface area contributed by atoms with Gasteiger partial charge in [-0.1, -0.05) is 0 Å². The molecule has 5 atom stereocenters. The van der Waals surface area contributed by atoms with E-state index in [0.717, 1.165) is 10.8 Å². The third kappa shape index (κ3) is 5.06. The van der Waals surface area contributed by atoms with E-state index >= 15 is 0 Å². The molecule has 1 aliphatic heterocycles. The van der Waals surface area contributed by atoms with Gasteiger partial charge >= 0.3 is 15.6 Å². The Labute approximate surface area is 159 Å². The third-order valence-corrected chi connectivity index (χ3v) is 5.85. The summed E-state index contributed by atoms with van der Waals surface area (Å²) < 4.78 is 49.4. The topological polar surface area (TPSA) is 218 Å². The van der Waals surface area contributed by atoms with Gasteiger partial charge in [0, 0.05) is 6.20 Å². The van der Waals surface area contributed by atoms with Crippen LogP contribution in [0.3, 0.4) is 0 Å². The highest BCUT2D eigenvalue weighted by molar-refractivity contribution is 7.71. The fraction of sp³-hybridized carbons (Fsp3) is 0.500. The molecule has 0 aliphatic carbocycles. The molecule has 2 heterocycles. The van der Waals surface area contributed by atoms with Gasteiger partial charge in [-0.3, -0.25) is 23.7 Å². The number of carbonyl (C=O) groups is 1. The molecular formula is C10H13FN2O12P2S. The van der Waals surface area contributed by atoms with Gasteiger partial charge in [0.05, 0.1) is 5.56 Å². The van der Waals surface area contributed by atoms with E-state index in [-0.39, 0.29) is 6.29 Å². The molecule has 1 saturated heterocycles. The standard InChI is InChI=1S/C10H13FN2O12P2S/c11-10(3-23-27(21,22)25-26(18,19)20)6(16)5(15)8(24-10)13-1-4(2-14)7(17)12-9(13)28/h1-2,5-6,8,15-16H,3H2,(H,21,22)(H,12,17,28)(H2,18,19,20)/t5-,6+,8-,10-/m1/s1.